The minimum atomic E-state index is -0.0260. The van der Waals surface area contributed by atoms with Crippen molar-refractivity contribution in [2.24, 2.45) is 7.05 Å². The van der Waals surface area contributed by atoms with E-state index in [4.69, 9.17) is 0 Å². The fraction of sp³-hybridized carbons (Fsp3) is 0.200. The van der Waals surface area contributed by atoms with Gasteiger partial charge in [-0.2, -0.15) is 0 Å². The van der Waals surface area contributed by atoms with Crippen molar-refractivity contribution in [1.29, 1.82) is 0 Å². The lowest BCUT2D eigenvalue weighted by atomic mass is 10.2. The molecule has 1 aromatic carbocycles. The van der Waals surface area contributed by atoms with Crippen molar-refractivity contribution >= 4 is 26.8 Å². The number of rotatable bonds is 0. The average Bonchev–Trinajstić information content (AvgIpc) is 2.14. The van der Waals surface area contributed by atoms with Crippen LogP contribution in [-0.4, -0.2) is 9.55 Å². The summed E-state index contributed by atoms with van der Waals surface area (Å²) in [5, 5.41) is 0.654. The summed E-state index contributed by atoms with van der Waals surface area (Å²) in [6.07, 6.45) is 0. The van der Waals surface area contributed by atoms with Gasteiger partial charge in [0, 0.05) is 7.05 Å². The van der Waals surface area contributed by atoms with Gasteiger partial charge < -0.3 is 0 Å². The third-order valence-corrected chi connectivity index (χ3v) is 2.89. The summed E-state index contributed by atoms with van der Waals surface area (Å²) >= 11 is 3.24. The quantitative estimate of drug-likeness (QED) is 0.673. The van der Waals surface area contributed by atoms with Crippen LogP contribution in [0.5, 0.6) is 0 Å². The molecule has 1 heterocycles. The largest absolute Gasteiger partial charge is 0.290 e. The molecule has 0 spiro atoms. The van der Waals surface area contributed by atoms with E-state index in [1.165, 1.54) is 4.57 Å². The van der Waals surface area contributed by atoms with Crippen molar-refractivity contribution in [3.05, 3.63) is 38.9 Å². The van der Waals surface area contributed by atoms with Gasteiger partial charge in [0.1, 0.15) is 0 Å². The standard InChI is InChI=1S/C10H9BrN2O/c1-6-3-4-7-8(5-6)12-10(11)13(2)9(7)14/h3-5H,1-2H3. The van der Waals surface area contributed by atoms with E-state index in [1.54, 1.807) is 7.05 Å². The summed E-state index contributed by atoms with van der Waals surface area (Å²) in [6, 6.07) is 5.63. The van der Waals surface area contributed by atoms with Gasteiger partial charge >= 0.3 is 0 Å². The van der Waals surface area contributed by atoms with Crippen LogP contribution in [-0.2, 0) is 7.05 Å². The van der Waals surface area contributed by atoms with Crippen LogP contribution in [0.4, 0.5) is 0 Å². The molecule has 0 aliphatic heterocycles. The maximum absolute atomic E-state index is 11.8. The monoisotopic (exact) mass is 252 g/mol. The summed E-state index contributed by atoms with van der Waals surface area (Å²) in [5.74, 6) is 0. The molecule has 0 aliphatic carbocycles. The van der Waals surface area contributed by atoms with E-state index in [0.29, 0.717) is 10.1 Å². The fourth-order valence-electron chi connectivity index (χ4n) is 1.35. The number of nitrogens with zero attached hydrogens (tertiary/aromatic N) is 2. The van der Waals surface area contributed by atoms with Crippen LogP contribution in [0.1, 0.15) is 5.56 Å². The van der Waals surface area contributed by atoms with Gasteiger partial charge in [0.15, 0.2) is 4.73 Å². The molecule has 0 saturated carbocycles. The van der Waals surface area contributed by atoms with Crippen molar-refractivity contribution in [3.63, 3.8) is 0 Å². The van der Waals surface area contributed by atoms with Crippen molar-refractivity contribution < 1.29 is 0 Å². The highest BCUT2D eigenvalue weighted by Gasteiger charge is 2.05. The Morgan fingerprint density at radius 3 is 2.86 bits per heavy atom. The van der Waals surface area contributed by atoms with Gasteiger partial charge in [-0.25, -0.2) is 4.98 Å². The Kier molecular flexibility index (Phi) is 2.15. The molecule has 14 heavy (non-hydrogen) atoms. The number of fused-ring (bicyclic) bond motifs is 1. The number of hydrogen-bond donors (Lipinski definition) is 0. The summed E-state index contributed by atoms with van der Waals surface area (Å²) in [4.78, 5) is 16.0. The molecule has 2 aromatic rings. The maximum Gasteiger partial charge on any atom is 0.261 e. The molecule has 1 aromatic heterocycles. The summed E-state index contributed by atoms with van der Waals surface area (Å²) in [7, 11) is 1.69. The minimum Gasteiger partial charge on any atom is -0.290 e. The van der Waals surface area contributed by atoms with E-state index in [1.807, 2.05) is 25.1 Å². The molecule has 0 aliphatic rings. The van der Waals surface area contributed by atoms with E-state index in [-0.39, 0.29) is 5.56 Å². The average molecular weight is 253 g/mol. The van der Waals surface area contributed by atoms with Gasteiger partial charge in [-0.05, 0) is 40.5 Å². The predicted molar refractivity (Wildman–Crippen MR) is 59.4 cm³/mol. The molecule has 0 saturated heterocycles. The number of hydrogen-bond acceptors (Lipinski definition) is 2. The Balaban J connectivity index is 2.98. The number of aromatic nitrogens is 2. The van der Waals surface area contributed by atoms with E-state index in [0.717, 1.165) is 11.1 Å². The predicted octanol–water partition coefficient (Wildman–Crippen LogP) is 2.00. The highest BCUT2D eigenvalue weighted by Crippen LogP contribution is 2.12. The highest BCUT2D eigenvalue weighted by atomic mass is 79.9. The van der Waals surface area contributed by atoms with E-state index in [9.17, 15) is 4.79 Å². The number of benzene rings is 1. The molecule has 0 unspecified atom stereocenters. The first-order chi connectivity index (χ1) is 6.59. The van der Waals surface area contributed by atoms with Gasteiger partial charge in [0.05, 0.1) is 10.9 Å². The van der Waals surface area contributed by atoms with Crippen LogP contribution in [0, 0.1) is 6.92 Å². The van der Waals surface area contributed by atoms with Crippen LogP contribution >= 0.6 is 15.9 Å². The zero-order valence-electron chi connectivity index (χ0n) is 7.91. The summed E-state index contributed by atoms with van der Waals surface area (Å²) < 4.78 is 2.04. The fourth-order valence-corrected chi connectivity index (χ4v) is 1.71. The normalized spacial score (nSPS) is 10.8. The van der Waals surface area contributed by atoms with Gasteiger partial charge in [-0.1, -0.05) is 6.07 Å². The van der Waals surface area contributed by atoms with Crippen molar-refractivity contribution in [3.8, 4) is 0 Å². The zero-order chi connectivity index (χ0) is 10.3. The molecule has 0 amide bonds. The van der Waals surface area contributed by atoms with E-state index < -0.39 is 0 Å². The second kappa shape index (κ2) is 3.20. The van der Waals surface area contributed by atoms with Crippen LogP contribution < -0.4 is 5.56 Å². The van der Waals surface area contributed by atoms with Crippen LogP contribution in [0.25, 0.3) is 10.9 Å². The Morgan fingerprint density at radius 2 is 2.14 bits per heavy atom. The van der Waals surface area contributed by atoms with Crippen molar-refractivity contribution in [2.45, 2.75) is 6.92 Å². The second-order valence-corrected chi connectivity index (χ2v) is 3.97. The molecular weight excluding hydrogens is 244 g/mol. The lowest BCUT2D eigenvalue weighted by Gasteiger charge is -2.03. The molecule has 0 N–H and O–H groups in total. The van der Waals surface area contributed by atoms with Crippen molar-refractivity contribution in [2.75, 3.05) is 0 Å². The zero-order valence-corrected chi connectivity index (χ0v) is 9.50. The summed E-state index contributed by atoms with van der Waals surface area (Å²) in [6.45, 7) is 1.98. The molecular formula is C10H9BrN2O. The third kappa shape index (κ3) is 1.35. The molecule has 0 atom stereocenters. The van der Waals surface area contributed by atoms with Gasteiger partial charge in [-0.3, -0.25) is 9.36 Å². The molecule has 3 nitrogen and oxygen atoms in total. The Bertz CT molecular complexity index is 560. The topological polar surface area (TPSA) is 34.9 Å². The maximum atomic E-state index is 11.8. The number of halogens is 1. The first-order valence-corrected chi connectivity index (χ1v) is 5.02. The molecule has 2 rings (SSSR count). The first kappa shape index (κ1) is 9.40. The highest BCUT2D eigenvalue weighted by molar-refractivity contribution is 9.10. The van der Waals surface area contributed by atoms with E-state index >= 15 is 0 Å². The Hall–Kier alpha value is -1.16. The Labute approximate surface area is 89.5 Å². The second-order valence-electron chi connectivity index (χ2n) is 3.27. The van der Waals surface area contributed by atoms with Gasteiger partial charge in [-0.15, -0.1) is 0 Å². The van der Waals surface area contributed by atoms with Crippen molar-refractivity contribution in [1.82, 2.24) is 9.55 Å². The van der Waals surface area contributed by atoms with Crippen LogP contribution in [0.3, 0.4) is 0 Å². The lowest BCUT2D eigenvalue weighted by Crippen LogP contribution is -2.18. The smallest absolute Gasteiger partial charge is 0.261 e. The van der Waals surface area contributed by atoms with Crippen LogP contribution in [0.15, 0.2) is 27.7 Å². The lowest BCUT2D eigenvalue weighted by molar-refractivity contribution is 0.811. The van der Waals surface area contributed by atoms with Crippen LogP contribution in [0.2, 0.25) is 0 Å². The SMILES string of the molecule is Cc1ccc2c(=O)n(C)c(Br)nc2c1. The minimum absolute atomic E-state index is 0.0260. The molecule has 0 fully saturated rings. The molecule has 72 valence electrons. The first-order valence-electron chi connectivity index (χ1n) is 4.22. The number of aryl methyl sites for hydroxylation is 1. The molecule has 0 radical (unpaired) electrons. The Morgan fingerprint density at radius 1 is 1.43 bits per heavy atom. The van der Waals surface area contributed by atoms with Gasteiger partial charge in [0.2, 0.25) is 0 Å². The molecule has 0 bridgehead atoms. The van der Waals surface area contributed by atoms with Gasteiger partial charge in [0.25, 0.3) is 5.56 Å². The third-order valence-electron chi connectivity index (χ3n) is 2.18. The summed E-state index contributed by atoms with van der Waals surface area (Å²) in [5.41, 5.74) is 1.81. The molecule has 4 heteroatoms. The van der Waals surface area contributed by atoms with E-state index in [2.05, 4.69) is 20.9 Å².